The molecule has 3 aromatic rings. The van der Waals surface area contributed by atoms with E-state index in [1.165, 1.54) is 12.7 Å². The smallest absolute Gasteiger partial charge is 0.316 e. The number of carbonyl (C=O) groups is 1. The second kappa shape index (κ2) is 7.53. The van der Waals surface area contributed by atoms with Gasteiger partial charge in [-0.2, -0.15) is 0 Å². The standard InChI is InChI=1S/C21H20N4O2/c1-27-21-23-12-19(13-24-21)15-4-6-16(7-5-15)20(26)25-10-8-18(14-25)17-3-2-9-22-11-17/h2-7,9,11-13,18H,8,10,14H2,1H3. The van der Waals surface area contributed by atoms with Crippen LogP contribution in [0.2, 0.25) is 0 Å². The zero-order valence-electron chi connectivity index (χ0n) is 15.1. The monoisotopic (exact) mass is 360 g/mol. The Hall–Kier alpha value is -3.28. The molecule has 0 bridgehead atoms. The van der Waals surface area contributed by atoms with Gasteiger partial charge < -0.3 is 9.64 Å². The van der Waals surface area contributed by atoms with Gasteiger partial charge in [0.15, 0.2) is 0 Å². The number of methoxy groups -OCH3 is 1. The maximum Gasteiger partial charge on any atom is 0.316 e. The Morgan fingerprint density at radius 1 is 1.07 bits per heavy atom. The molecule has 4 rings (SSSR count). The Balaban J connectivity index is 1.45. The molecule has 0 spiro atoms. The Kier molecular flexibility index (Phi) is 4.78. The van der Waals surface area contributed by atoms with Crippen LogP contribution in [0.3, 0.4) is 0 Å². The molecule has 136 valence electrons. The third-order valence-electron chi connectivity index (χ3n) is 4.91. The highest BCUT2D eigenvalue weighted by molar-refractivity contribution is 5.95. The van der Waals surface area contributed by atoms with Gasteiger partial charge in [0.2, 0.25) is 0 Å². The fourth-order valence-electron chi connectivity index (χ4n) is 3.39. The molecule has 6 heteroatoms. The van der Waals surface area contributed by atoms with E-state index in [9.17, 15) is 4.79 Å². The first-order valence-electron chi connectivity index (χ1n) is 8.90. The minimum Gasteiger partial charge on any atom is -0.467 e. The maximum atomic E-state index is 12.8. The van der Waals surface area contributed by atoms with Crippen LogP contribution in [-0.2, 0) is 0 Å². The SMILES string of the molecule is COc1ncc(-c2ccc(C(=O)N3CCC(c4cccnc4)C3)cc2)cn1. The van der Waals surface area contributed by atoms with Crippen LogP contribution in [0.25, 0.3) is 11.1 Å². The molecular weight excluding hydrogens is 340 g/mol. The second-order valence-electron chi connectivity index (χ2n) is 6.56. The summed E-state index contributed by atoms with van der Waals surface area (Å²) in [6.45, 7) is 1.51. The highest BCUT2D eigenvalue weighted by Crippen LogP contribution is 2.28. The lowest BCUT2D eigenvalue weighted by Crippen LogP contribution is -2.28. The Morgan fingerprint density at radius 3 is 2.52 bits per heavy atom. The molecule has 27 heavy (non-hydrogen) atoms. The number of likely N-dealkylation sites (tertiary alicyclic amines) is 1. The first-order chi connectivity index (χ1) is 13.2. The summed E-state index contributed by atoms with van der Waals surface area (Å²) in [4.78, 5) is 27.2. The van der Waals surface area contributed by atoms with E-state index in [1.807, 2.05) is 41.4 Å². The zero-order valence-corrected chi connectivity index (χ0v) is 15.1. The van der Waals surface area contributed by atoms with Gasteiger partial charge in [-0.25, -0.2) is 9.97 Å². The quantitative estimate of drug-likeness (QED) is 0.715. The molecule has 0 N–H and O–H groups in total. The van der Waals surface area contributed by atoms with Crippen LogP contribution in [0.5, 0.6) is 6.01 Å². The summed E-state index contributed by atoms with van der Waals surface area (Å²) in [5.74, 6) is 0.428. The largest absolute Gasteiger partial charge is 0.467 e. The third kappa shape index (κ3) is 3.65. The maximum absolute atomic E-state index is 12.8. The molecule has 1 aliphatic heterocycles. The predicted molar refractivity (Wildman–Crippen MR) is 102 cm³/mol. The van der Waals surface area contributed by atoms with Crippen LogP contribution >= 0.6 is 0 Å². The lowest BCUT2D eigenvalue weighted by Gasteiger charge is -2.17. The fraction of sp³-hybridized carbons (Fsp3) is 0.238. The van der Waals surface area contributed by atoms with E-state index in [2.05, 4.69) is 21.0 Å². The molecule has 0 radical (unpaired) electrons. The summed E-state index contributed by atoms with van der Waals surface area (Å²) >= 11 is 0. The van der Waals surface area contributed by atoms with Gasteiger partial charge in [-0.1, -0.05) is 18.2 Å². The van der Waals surface area contributed by atoms with Gasteiger partial charge >= 0.3 is 6.01 Å². The van der Waals surface area contributed by atoms with Gasteiger partial charge in [0, 0.05) is 54.9 Å². The second-order valence-corrected chi connectivity index (χ2v) is 6.56. The van der Waals surface area contributed by atoms with Crippen molar-refractivity contribution in [2.45, 2.75) is 12.3 Å². The van der Waals surface area contributed by atoms with E-state index in [0.29, 0.717) is 17.5 Å². The lowest BCUT2D eigenvalue weighted by molar-refractivity contribution is 0.0791. The number of hydrogen-bond donors (Lipinski definition) is 0. The highest BCUT2D eigenvalue weighted by atomic mass is 16.5. The number of amides is 1. The summed E-state index contributed by atoms with van der Waals surface area (Å²) in [7, 11) is 1.53. The first kappa shape index (κ1) is 17.1. The average Bonchev–Trinajstić information content (AvgIpc) is 3.24. The van der Waals surface area contributed by atoms with E-state index in [0.717, 1.165) is 30.6 Å². The molecule has 1 saturated heterocycles. The number of ether oxygens (including phenoxy) is 1. The summed E-state index contributed by atoms with van der Waals surface area (Å²) in [6, 6.07) is 11.9. The van der Waals surface area contributed by atoms with Crippen molar-refractivity contribution in [1.29, 1.82) is 0 Å². The molecule has 2 aromatic heterocycles. The predicted octanol–water partition coefficient (Wildman–Crippen LogP) is 3.18. The van der Waals surface area contributed by atoms with Crippen molar-refractivity contribution in [2.24, 2.45) is 0 Å². The Labute approximate surface area is 157 Å². The fourth-order valence-corrected chi connectivity index (χ4v) is 3.39. The van der Waals surface area contributed by atoms with Gasteiger partial charge in [-0.15, -0.1) is 0 Å². The average molecular weight is 360 g/mol. The molecule has 1 amide bonds. The van der Waals surface area contributed by atoms with E-state index >= 15 is 0 Å². The summed E-state index contributed by atoms with van der Waals surface area (Å²) < 4.78 is 4.98. The third-order valence-corrected chi connectivity index (χ3v) is 4.91. The number of aromatic nitrogens is 3. The number of rotatable bonds is 4. The van der Waals surface area contributed by atoms with Crippen LogP contribution < -0.4 is 4.74 Å². The molecule has 1 fully saturated rings. The van der Waals surface area contributed by atoms with E-state index in [4.69, 9.17) is 4.74 Å². The van der Waals surface area contributed by atoms with Crippen molar-refractivity contribution < 1.29 is 9.53 Å². The number of hydrogen-bond acceptors (Lipinski definition) is 5. The number of pyridine rings is 1. The zero-order chi connectivity index (χ0) is 18.6. The van der Waals surface area contributed by atoms with Crippen LogP contribution in [0.15, 0.2) is 61.2 Å². The van der Waals surface area contributed by atoms with Gasteiger partial charge in [0.25, 0.3) is 5.91 Å². The molecule has 1 atom stereocenters. The molecule has 1 aliphatic rings. The molecule has 0 saturated carbocycles. The highest BCUT2D eigenvalue weighted by Gasteiger charge is 2.28. The normalized spacial score (nSPS) is 16.3. The summed E-state index contributed by atoms with van der Waals surface area (Å²) in [6.07, 6.45) is 8.06. The molecule has 3 heterocycles. The number of carbonyl (C=O) groups excluding carboxylic acids is 1. The van der Waals surface area contributed by atoms with Crippen molar-refractivity contribution in [3.05, 3.63) is 72.3 Å². The molecule has 1 aromatic carbocycles. The molecular formula is C21H20N4O2. The van der Waals surface area contributed by atoms with Crippen molar-refractivity contribution in [3.8, 4) is 17.1 Å². The first-order valence-corrected chi connectivity index (χ1v) is 8.90. The number of benzene rings is 1. The molecule has 6 nitrogen and oxygen atoms in total. The van der Waals surface area contributed by atoms with E-state index in [-0.39, 0.29) is 5.91 Å². The minimum atomic E-state index is 0.0684. The number of nitrogens with zero attached hydrogens (tertiary/aromatic N) is 4. The van der Waals surface area contributed by atoms with E-state index < -0.39 is 0 Å². The van der Waals surface area contributed by atoms with Gasteiger partial charge in [-0.05, 0) is 35.7 Å². The van der Waals surface area contributed by atoms with Crippen LogP contribution in [0, 0.1) is 0 Å². The van der Waals surface area contributed by atoms with Crippen molar-refractivity contribution in [3.63, 3.8) is 0 Å². The molecule has 0 aliphatic carbocycles. The van der Waals surface area contributed by atoms with Crippen LogP contribution in [-0.4, -0.2) is 46.0 Å². The van der Waals surface area contributed by atoms with Gasteiger partial charge in [0.05, 0.1) is 7.11 Å². The Bertz CT molecular complexity index is 911. The topological polar surface area (TPSA) is 68.2 Å². The van der Waals surface area contributed by atoms with E-state index in [1.54, 1.807) is 18.6 Å². The van der Waals surface area contributed by atoms with Crippen LogP contribution in [0.1, 0.15) is 28.3 Å². The summed E-state index contributed by atoms with van der Waals surface area (Å²) in [5, 5.41) is 0. The lowest BCUT2D eigenvalue weighted by atomic mass is 10.0. The van der Waals surface area contributed by atoms with Gasteiger partial charge in [-0.3, -0.25) is 9.78 Å². The van der Waals surface area contributed by atoms with Crippen LogP contribution in [0.4, 0.5) is 0 Å². The molecule has 1 unspecified atom stereocenters. The van der Waals surface area contributed by atoms with Crippen molar-refractivity contribution >= 4 is 5.91 Å². The van der Waals surface area contributed by atoms with Crippen molar-refractivity contribution in [1.82, 2.24) is 19.9 Å². The van der Waals surface area contributed by atoms with Gasteiger partial charge in [0.1, 0.15) is 0 Å². The Morgan fingerprint density at radius 2 is 1.85 bits per heavy atom. The summed E-state index contributed by atoms with van der Waals surface area (Å²) in [5.41, 5.74) is 3.74. The minimum absolute atomic E-state index is 0.0684. The van der Waals surface area contributed by atoms with Crippen molar-refractivity contribution in [2.75, 3.05) is 20.2 Å².